The van der Waals surface area contributed by atoms with Crippen LogP contribution in [0.25, 0.3) is 10.9 Å². The van der Waals surface area contributed by atoms with E-state index in [2.05, 4.69) is 10.3 Å². The normalized spacial score (nSPS) is 10.4. The van der Waals surface area contributed by atoms with Gasteiger partial charge in [0.2, 0.25) is 0 Å². The molecule has 0 aliphatic carbocycles. The maximum atomic E-state index is 12.4. The zero-order valence-corrected chi connectivity index (χ0v) is 17.1. The zero-order chi connectivity index (χ0) is 21.7. The fourth-order valence-electron chi connectivity index (χ4n) is 2.89. The van der Waals surface area contributed by atoms with Gasteiger partial charge in [-0.3, -0.25) is 4.79 Å². The number of aryl methyl sites for hydroxylation is 1. The van der Waals surface area contributed by atoms with Gasteiger partial charge in [-0.15, -0.1) is 0 Å². The van der Waals surface area contributed by atoms with Gasteiger partial charge in [-0.05, 0) is 24.6 Å². The van der Waals surface area contributed by atoms with E-state index in [-0.39, 0.29) is 18.2 Å². The van der Waals surface area contributed by atoms with Gasteiger partial charge in [0.25, 0.3) is 5.91 Å². The predicted octanol–water partition coefficient (Wildman–Crippen LogP) is 3.36. The molecule has 1 N–H and O–H groups in total. The number of benzene rings is 2. The highest BCUT2D eigenvalue weighted by Crippen LogP contribution is 2.36. The summed E-state index contributed by atoms with van der Waals surface area (Å²) in [6, 6.07) is 12.2. The van der Waals surface area contributed by atoms with Gasteiger partial charge in [0.1, 0.15) is 5.75 Å². The molecule has 2 aromatic carbocycles. The molecule has 3 aromatic rings. The first-order valence-electron chi connectivity index (χ1n) is 9.10. The second-order valence-electron chi connectivity index (χ2n) is 6.37. The lowest BCUT2D eigenvalue weighted by Crippen LogP contribution is -2.21. The summed E-state index contributed by atoms with van der Waals surface area (Å²) in [5.41, 5.74) is 2.12. The summed E-state index contributed by atoms with van der Waals surface area (Å²) in [5.74, 6) is 0.242. The lowest BCUT2D eigenvalue weighted by Gasteiger charge is -2.14. The molecule has 0 atom stereocenters. The van der Waals surface area contributed by atoms with Gasteiger partial charge < -0.3 is 24.3 Å². The number of fused-ring (bicyclic) bond motifs is 1. The fourth-order valence-corrected chi connectivity index (χ4v) is 2.89. The van der Waals surface area contributed by atoms with E-state index in [9.17, 15) is 9.59 Å². The van der Waals surface area contributed by atoms with Crippen LogP contribution in [-0.2, 0) is 9.53 Å². The minimum absolute atomic E-state index is 0.0477. The van der Waals surface area contributed by atoms with Crippen molar-refractivity contribution in [1.82, 2.24) is 4.98 Å². The topological polar surface area (TPSA) is 96.0 Å². The number of pyridine rings is 1. The zero-order valence-electron chi connectivity index (χ0n) is 17.1. The van der Waals surface area contributed by atoms with Crippen LogP contribution in [0.15, 0.2) is 42.5 Å². The Hall–Kier alpha value is -3.81. The SMILES string of the molecule is COC(=O)c1cc(OCC(=O)Nc2ccccc2C)c2cc(OC)c(OC)cc2n1. The second-order valence-corrected chi connectivity index (χ2v) is 6.37. The Bertz CT molecular complexity index is 1100. The number of hydrogen-bond donors (Lipinski definition) is 1. The van der Waals surface area contributed by atoms with E-state index in [1.54, 1.807) is 12.1 Å². The Morgan fingerprint density at radius 1 is 0.967 bits per heavy atom. The van der Waals surface area contributed by atoms with Crippen molar-refractivity contribution < 1.29 is 28.5 Å². The quantitative estimate of drug-likeness (QED) is 0.597. The molecule has 30 heavy (non-hydrogen) atoms. The number of nitrogens with one attached hydrogen (secondary N) is 1. The number of carbonyl (C=O) groups excluding carboxylic acids is 2. The molecular weight excluding hydrogens is 388 g/mol. The van der Waals surface area contributed by atoms with Crippen molar-refractivity contribution >= 4 is 28.5 Å². The minimum Gasteiger partial charge on any atom is -0.493 e. The third-order valence-corrected chi connectivity index (χ3v) is 4.45. The van der Waals surface area contributed by atoms with Crippen molar-refractivity contribution in [3.05, 3.63) is 53.7 Å². The van der Waals surface area contributed by atoms with E-state index in [1.807, 2.05) is 31.2 Å². The van der Waals surface area contributed by atoms with Gasteiger partial charge >= 0.3 is 5.97 Å². The fraction of sp³-hybridized carbons (Fsp3) is 0.227. The Kier molecular flexibility index (Phi) is 6.36. The summed E-state index contributed by atoms with van der Waals surface area (Å²) >= 11 is 0. The van der Waals surface area contributed by atoms with Crippen molar-refractivity contribution in [3.8, 4) is 17.2 Å². The monoisotopic (exact) mass is 410 g/mol. The van der Waals surface area contributed by atoms with Crippen molar-refractivity contribution in [2.75, 3.05) is 33.3 Å². The molecule has 0 spiro atoms. The largest absolute Gasteiger partial charge is 0.493 e. The van der Waals surface area contributed by atoms with Crippen LogP contribution in [0.4, 0.5) is 5.69 Å². The van der Waals surface area contributed by atoms with Crippen molar-refractivity contribution in [3.63, 3.8) is 0 Å². The first-order chi connectivity index (χ1) is 14.5. The van der Waals surface area contributed by atoms with Gasteiger partial charge in [-0.25, -0.2) is 9.78 Å². The molecule has 0 radical (unpaired) electrons. The Labute approximate surface area is 173 Å². The molecule has 0 saturated heterocycles. The standard InChI is InChI=1S/C22H22N2O6/c1-13-7-5-6-8-15(13)24-21(25)12-30-18-11-17(22(26)29-4)23-16-10-20(28-3)19(27-2)9-14(16)18/h5-11H,12H2,1-4H3,(H,24,25). The molecular formula is C22H22N2O6. The molecule has 0 fully saturated rings. The van der Waals surface area contributed by atoms with E-state index in [4.69, 9.17) is 18.9 Å². The van der Waals surface area contributed by atoms with Crippen LogP contribution in [0.3, 0.4) is 0 Å². The van der Waals surface area contributed by atoms with Gasteiger partial charge in [0.15, 0.2) is 23.8 Å². The number of esters is 1. The first-order valence-corrected chi connectivity index (χ1v) is 9.10. The molecule has 156 valence electrons. The van der Waals surface area contributed by atoms with Crippen LogP contribution in [0.5, 0.6) is 17.2 Å². The average molecular weight is 410 g/mol. The molecule has 0 aliphatic heterocycles. The van der Waals surface area contributed by atoms with Crippen LogP contribution < -0.4 is 19.5 Å². The van der Waals surface area contributed by atoms with E-state index in [1.165, 1.54) is 27.4 Å². The van der Waals surface area contributed by atoms with Crippen LogP contribution >= 0.6 is 0 Å². The second kappa shape index (κ2) is 9.13. The maximum absolute atomic E-state index is 12.4. The minimum atomic E-state index is -0.624. The van der Waals surface area contributed by atoms with E-state index < -0.39 is 5.97 Å². The van der Waals surface area contributed by atoms with E-state index >= 15 is 0 Å². The summed E-state index contributed by atoms with van der Waals surface area (Å²) in [6.07, 6.45) is 0. The molecule has 0 aliphatic rings. The van der Waals surface area contributed by atoms with Crippen molar-refractivity contribution in [1.29, 1.82) is 0 Å². The number of ether oxygens (including phenoxy) is 4. The van der Waals surface area contributed by atoms with Crippen LogP contribution in [0.1, 0.15) is 16.1 Å². The highest BCUT2D eigenvalue weighted by molar-refractivity contribution is 5.96. The van der Waals surface area contributed by atoms with E-state index in [0.717, 1.165) is 5.56 Å². The van der Waals surface area contributed by atoms with Crippen molar-refractivity contribution in [2.24, 2.45) is 0 Å². The number of methoxy groups -OCH3 is 3. The highest BCUT2D eigenvalue weighted by atomic mass is 16.5. The Balaban J connectivity index is 1.93. The molecule has 8 nitrogen and oxygen atoms in total. The number of aromatic nitrogens is 1. The van der Waals surface area contributed by atoms with Crippen LogP contribution in [0, 0.1) is 6.92 Å². The van der Waals surface area contributed by atoms with Gasteiger partial charge in [0.05, 0.1) is 26.8 Å². The summed E-state index contributed by atoms with van der Waals surface area (Å²) in [6.45, 7) is 1.64. The van der Waals surface area contributed by atoms with E-state index in [0.29, 0.717) is 33.8 Å². The maximum Gasteiger partial charge on any atom is 0.356 e. The number of nitrogens with zero attached hydrogens (tertiary/aromatic N) is 1. The Morgan fingerprint density at radius 2 is 1.67 bits per heavy atom. The molecule has 0 saturated carbocycles. The molecule has 0 unspecified atom stereocenters. The summed E-state index contributed by atoms with van der Waals surface area (Å²) < 4.78 is 21.1. The third kappa shape index (κ3) is 4.43. The smallest absolute Gasteiger partial charge is 0.356 e. The van der Waals surface area contributed by atoms with Gasteiger partial charge in [-0.1, -0.05) is 18.2 Å². The third-order valence-electron chi connectivity index (χ3n) is 4.45. The number of anilines is 1. The van der Waals surface area contributed by atoms with Gasteiger partial charge in [0, 0.05) is 23.2 Å². The molecule has 1 aromatic heterocycles. The van der Waals surface area contributed by atoms with Gasteiger partial charge in [-0.2, -0.15) is 0 Å². The first kappa shape index (κ1) is 20.9. The van der Waals surface area contributed by atoms with Crippen molar-refractivity contribution in [2.45, 2.75) is 6.92 Å². The molecule has 0 bridgehead atoms. The predicted molar refractivity (Wildman–Crippen MR) is 111 cm³/mol. The highest BCUT2D eigenvalue weighted by Gasteiger charge is 2.17. The van der Waals surface area contributed by atoms with Crippen LogP contribution in [0.2, 0.25) is 0 Å². The number of carbonyl (C=O) groups is 2. The summed E-state index contributed by atoms with van der Waals surface area (Å²) in [5, 5.41) is 3.36. The molecule has 8 heteroatoms. The molecule has 3 rings (SSSR count). The molecule has 1 heterocycles. The lowest BCUT2D eigenvalue weighted by atomic mass is 10.1. The van der Waals surface area contributed by atoms with Crippen LogP contribution in [-0.4, -0.2) is 44.8 Å². The number of hydrogen-bond acceptors (Lipinski definition) is 7. The summed E-state index contributed by atoms with van der Waals surface area (Å²) in [7, 11) is 4.27. The molecule has 1 amide bonds. The lowest BCUT2D eigenvalue weighted by molar-refractivity contribution is -0.118. The number of para-hydroxylation sites is 1. The Morgan fingerprint density at radius 3 is 2.33 bits per heavy atom. The average Bonchev–Trinajstić information content (AvgIpc) is 2.77. The number of rotatable bonds is 7. The number of amides is 1. The summed E-state index contributed by atoms with van der Waals surface area (Å²) in [4.78, 5) is 28.7.